The summed E-state index contributed by atoms with van der Waals surface area (Å²) < 4.78 is 88.6. The second-order valence-electron chi connectivity index (χ2n) is 10.6. The molecule has 0 bridgehead atoms. The number of rotatable bonds is 4. The van der Waals surface area contributed by atoms with Gasteiger partial charge in [-0.25, -0.2) is 9.59 Å². The monoisotopic (exact) mass is 628 g/mol. The number of halogens is 6. The Labute approximate surface area is 255 Å². The van der Waals surface area contributed by atoms with Gasteiger partial charge in [-0.3, -0.25) is 0 Å². The van der Waals surface area contributed by atoms with Gasteiger partial charge < -0.3 is 9.47 Å². The van der Waals surface area contributed by atoms with Crippen LogP contribution in [0.3, 0.4) is 0 Å². The first-order chi connectivity index (χ1) is 21.9. The van der Waals surface area contributed by atoms with Crippen molar-refractivity contribution in [3.05, 3.63) is 131 Å². The van der Waals surface area contributed by atoms with Crippen LogP contribution in [0.2, 0.25) is 0 Å². The predicted octanol–water partition coefficient (Wildman–Crippen LogP) is 10.2. The largest absolute Gasteiger partial charge is 0.423 e. The van der Waals surface area contributed by atoms with E-state index in [1.165, 1.54) is 0 Å². The number of carbonyl (C=O) groups is 2. The van der Waals surface area contributed by atoms with Crippen molar-refractivity contribution in [2.24, 2.45) is 0 Å². The summed E-state index contributed by atoms with van der Waals surface area (Å²) in [6.45, 7) is 0. The minimum atomic E-state index is -4.52. The van der Waals surface area contributed by atoms with Crippen LogP contribution in [0.5, 0.6) is 11.5 Å². The van der Waals surface area contributed by atoms with Gasteiger partial charge in [-0.1, -0.05) is 48.5 Å². The smallest absolute Gasteiger partial charge is 0.416 e. The first-order valence-electron chi connectivity index (χ1n) is 13.8. The number of hydrogen-bond donors (Lipinski definition) is 0. The fraction of sp³-hybridized carbons (Fsp3) is 0.0556. The first-order valence-corrected chi connectivity index (χ1v) is 13.8. The third kappa shape index (κ3) is 4.92. The van der Waals surface area contributed by atoms with Crippen LogP contribution >= 0.6 is 0 Å². The molecule has 0 N–H and O–H groups in total. The van der Waals surface area contributed by atoms with Crippen molar-refractivity contribution in [2.45, 2.75) is 12.4 Å². The number of benzene rings is 7. The zero-order valence-corrected chi connectivity index (χ0v) is 23.3. The van der Waals surface area contributed by atoms with Crippen LogP contribution in [0, 0.1) is 0 Å². The van der Waals surface area contributed by atoms with Gasteiger partial charge in [0.1, 0.15) is 11.5 Å². The van der Waals surface area contributed by atoms with Gasteiger partial charge in [-0.05, 0) is 104 Å². The van der Waals surface area contributed by atoms with Crippen molar-refractivity contribution >= 4 is 55.0 Å². The van der Waals surface area contributed by atoms with Crippen LogP contribution in [-0.4, -0.2) is 11.9 Å². The average Bonchev–Trinajstić information content (AvgIpc) is 3.02. The predicted molar refractivity (Wildman–Crippen MR) is 160 cm³/mol. The molecule has 10 heteroatoms. The second-order valence-corrected chi connectivity index (χ2v) is 10.6. The number of ether oxygens (including phenoxy) is 2. The molecule has 0 radical (unpaired) electrons. The zero-order valence-electron chi connectivity index (χ0n) is 23.3. The van der Waals surface area contributed by atoms with E-state index in [0.29, 0.717) is 10.8 Å². The normalized spacial score (nSPS) is 12.3. The third-order valence-electron chi connectivity index (χ3n) is 7.89. The molecule has 7 rings (SSSR count). The molecule has 0 saturated carbocycles. The molecule has 0 atom stereocenters. The molecule has 46 heavy (non-hydrogen) atoms. The van der Waals surface area contributed by atoms with E-state index in [0.717, 1.165) is 80.8 Å². The molecule has 0 saturated heterocycles. The molecule has 0 amide bonds. The van der Waals surface area contributed by atoms with E-state index in [4.69, 9.17) is 9.47 Å². The molecule has 0 aromatic heterocycles. The van der Waals surface area contributed by atoms with E-state index in [1.807, 2.05) is 12.1 Å². The lowest BCUT2D eigenvalue weighted by molar-refractivity contribution is -0.138. The number of esters is 2. The Morgan fingerprint density at radius 3 is 1.09 bits per heavy atom. The van der Waals surface area contributed by atoms with Crippen molar-refractivity contribution in [3.8, 4) is 11.5 Å². The Hall–Kier alpha value is -5.64. The van der Waals surface area contributed by atoms with Gasteiger partial charge in [-0.15, -0.1) is 0 Å². The van der Waals surface area contributed by atoms with Crippen LogP contribution in [-0.2, 0) is 12.4 Å². The van der Waals surface area contributed by atoms with Crippen LogP contribution in [0.4, 0.5) is 26.3 Å². The summed E-state index contributed by atoms with van der Waals surface area (Å²) in [4.78, 5) is 26.5. The molecule has 7 aromatic rings. The third-order valence-corrected chi connectivity index (χ3v) is 7.89. The molecule has 0 spiro atoms. The van der Waals surface area contributed by atoms with Crippen LogP contribution in [0.25, 0.3) is 43.1 Å². The molecule has 0 aliphatic rings. The average molecular weight is 629 g/mol. The standard InChI is InChI=1S/C36H18F6O4/c37-35(38,39)19-7-11-21(12-8-19)45-33(43)29-17-16-28-24-4-2-6-26-30(34(44)46-22-13-9-20(10-14-22)36(40,41)42)18-15-27(32(24)26)23-3-1-5-25(29)31(23)28/h1-18H. The van der Waals surface area contributed by atoms with Crippen LogP contribution in [0.15, 0.2) is 109 Å². The molecule has 0 fully saturated rings. The van der Waals surface area contributed by atoms with Crippen molar-refractivity contribution in [1.29, 1.82) is 0 Å². The maximum absolute atomic E-state index is 13.3. The maximum atomic E-state index is 13.3. The number of hydrogen-bond acceptors (Lipinski definition) is 4. The molecule has 0 aliphatic carbocycles. The Morgan fingerprint density at radius 1 is 0.413 bits per heavy atom. The summed E-state index contributed by atoms with van der Waals surface area (Å²) in [6.07, 6.45) is -9.05. The Balaban J connectivity index is 1.29. The second kappa shape index (κ2) is 10.5. The molecule has 0 unspecified atom stereocenters. The van der Waals surface area contributed by atoms with E-state index < -0.39 is 35.4 Å². The summed E-state index contributed by atoms with van der Waals surface area (Å²) in [5.74, 6) is -1.56. The number of carbonyl (C=O) groups excluding carboxylic acids is 2. The minimum Gasteiger partial charge on any atom is -0.423 e. The fourth-order valence-corrected chi connectivity index (χ4v) is 5.82. The maximum Gasteiger partial charge on any atom is 0.416 e. The topological polar surface area (TPSA) is 52.6 Å². The lowest BCUT2D eigenvalue weighted by atomic mass is 9.87. The van der Waals surface area contributed by atoms with Gasteiger partial charge in [-0.2, -0.15) is 26.3 Å². The van der Waals surface area contributed by atoms with E-state index in [2.05, 4.69) is 0 Å². The number of alkyl halides is 6. The fourth-order valence-electron chi connectivity index (χ4n) is 5.82. The van der Waals surface area contributed by atoms with Crippen molar-refractivity contribution in [2.75, 3.05) is 0 Å². The lowest BCUT2D eigenvalue weighted by Crippen LogP contribution is -2.11. The van der Waals surface area contributed by atoms with Crippen molar-refractivity contribution < 1.29 is 45.4 Å². The summed E-state index contributed by atoms with van der Waals surface area (Å²) in [7, 11) is 0. The van der Waals surface area contributed by atoms with Crippen molar-refractivity contribution in [1.82, 2.24) is 0 Å². The molecular weight excluding hydrogens is 610 g/mol. The zero-order chi connectivity index (χ0) is 32.4. The van der Waals surface area contributed by atoms with Crippen LogP contribution < -0.4 is 9.47 Å². The highest BCUT2D eigenvalue weighted by Gasteiger charge is 2.31. The highest BCUT2D eigenvalue weighted by molar-refractivity contribution is 6.35. The highest BCUT2D eigenvalue weighted by atomic mass is 19.4. The highest BCUT2D eigenvalue weighted by Crippen LogP contribution is 2.42. The van der Waals surface area contributed by atoms with Gasteiger partial charge in [0.2, 0.25) is 0 Å². The minimum absolute atomic E-state index is 0.0377. The molecule has 0 aliphatic heterocycles. The van der Waals surface area contributed by atoms with Gasteiger partial charge in [0.25, 0.3) is 0 Å². The molecule has 4 nitrogen and oxygen atoms in total. The quantitative estimate of drug-likeness (QED) is 0.0640. The lowest BCUT2D eigenvalue weighted by Gasteiger charge is -2.17. The molecular formula is C36H18F6O4. The summed E-state index contributed by atoms with van der Waals surface area (Å²) in [6, 6.07) is 25.2. The van der Waals surface area contributed by atoms with Gasteiger partial charge >= 0.3 is 24.3 Å². The van der Waals surface area contributed by atoms with Crippen molar-refractivity contribution in [3.63, 3.8) is 0 Å². The summed E-state index contributed by atoms with van der Waals surface area (Å²) in [5, 5.41) is 5.77. The SMILES string of the molecule is O=C(Oc1ccc(C(F)(F)F)cc1)c1ccc2c3cccc4c(C(=O)Oc5ccc(C(F)(F)F)cc5)ccc(c5cccc1c52)c43. The molecule has 7 aromatic carbocycles. The van der Waals surface area contributed by atoms with Gasteiger partial charge in [0.05, 0.1) is 22.3 Å². The van der Waals surface area contributed by atoms with E-state index in [1.54, 1.807) is 48.5 Å². The van der Waals surface area contributed by atoms with Gasteiger partial charge in [0, 0.05) is 0 Å². The first kappa shape index (κ1) is 29.1. The molecule has 228 valence electrons. The summed E-state index contributed by atoms with van der Waals surface area (Å²) >= 11 is 0. The molecule has 0 heterocycles. The van der Waals surface area contributed by atoms with E-state index in [-0.39, 0.29) is 22.6 Å². The van der Waals surface area contributed by atoms with E-state index >= 15 is 0 Å². The summed E-state index contributed by atoms with van der Waals surface area (Å²) in [5.41, 5.74) is -1.30. The Kier molecular flexibility index (Phi) is 6.62. The number of fused-ring (bicyclic) bond motifs is 2. The van der Waals surface area contributed by atoms with Crippen LogP contribution in [0.1, 0.15) is 31.8 Å². The Bertz CT molecular complexity index is 2120. The van der Waals surface area contributed by atoms with E-state index in [9.17, 15) is 35.9 Å². The Morgan fingerprint density at radius 2 is 0.739 bits per heavy atom. The van der Waals surface area contributed by atoms with Gasteiger partial charge in [0.15, 0.2) is 0 Å².